The molecule has 3 aromatic carbocycles. The van der Waals surface area contributed by atoms with Crippen molar-refractivity contribution in [2.75, 3.05) is 0 Å². The van der Waals surface area contributed by atoms with E-state index >= 15 is 0 Å². The normalized spacial score (nSPS) is 26.0. The van der Waals surface area contributed by atoms with Crippen LogP contribution in [0.5, 0.6) is 0 Å². The van der Waals surface area contributed by atoms with Crippen LogP contribution >= 0.6 is 23.2 Å². The minimum absolute atomic E-state index is 0.0224. The van der Waals surface area contributed by atoms with Crippen LogP contribution in [-0.2, 0) is 27.4 Å². The second-order valence-corrected chi connectivity index (χ2v) is 13.8. The maximum absolute atomic E-state index is 13.5. The molecule has 1 heterocycles. The third-order valence-electron chi connectivity index (χ3n) is 9.00. The highest BCUT2D eigenvalue weighted by atomic mass is 35.5. The number of carbonyl (C=O) groups excluding carboxylic acids is 1. The lowest BCUT2D eigenvalue weighted by Crippen LogP contribution is -2.54. The standard InChI is InChI=1S/C33H33Cl2N3O5S/c1-33(17-31(39)40)16-28(21-7-4-8-25(35)13-21)29(37-32(33)41)14-26(20-9-11-24(34)12-10-20)27-15-30(27)38(44(42)43)19-23-6-3-2-5-22(23)18-36/h2-13,26-30H,14-17,19H2,1H3,(H,37,41)(H,39,40)(H,42,43). The predicted octanol–water partition coefficient (Wildman–Crippen LogP) is 6.52. The molecule has 44 heavy (non-hydrogen) atoms. The molecular formula is C33H33Cl2N3O5S. The number of amides is 1. The van der Waals surface area contributed by atoms with Crippen LogP contribution in [0.3, 0.4) is 0 Å². The van der Waals surface area contributed by atoms with Gasteiger partial charge in [0.15, 0.2) is 0 Å². The molecule has 3 N–H and O–H groups in total. The van der Waals surface area contributed by atoms with Crippen molar-refractivity contribution in [1.82, 2.24) is 9.62 Å². The number of benzene rings is 3. The summed E-state index contributed by atoms with van der Waals surface area (Å²) in [4.78, 5) is 25.2. The van der Waals surface area contributed by atoms with Gasteiger partial charge in [-0.25, -0.2) is 4.21 Å². The first-order valence-electron chi connectivity index (χ1n) is 14.4. The monoisotopic (exact) mass is 653 g/mol. The van der Waals surface area contributed by atoms with Crippen molar-refractivity contribution >= 4 is 46.3 Å². The molecule has 5 rings (SSSR count). The molecule has 2 aliphatic rings. The third kappa shape index (κ3) is 7.17. The summed E-state index contributed by atoms with van der Waals surface area (Å²) in [6, 6.07) is 23.5. The molecular weight excluding hydrogens is 621 g/mol. The van der Waals surface area contributed by atoms with Crippen LogP contribution in [0, 0.1) is 22.7 Å². The molecule has 2 fully saturated rings. The second kappa shape index (κ2) is 13.4. The van der Waals surface area contributed by atoms with Gasteiger partial charge < -0.3 is 10.4 Å². The number of hydrogen-bond acceptors (Lipinski definition) is 4. The maximum Gasteiger partial charge on any atom is 0.304 e. The molecule has 7 atom stereocenters. The van der Waals surface area contributed by atoms with Crippen molar-refractivity contribution in [3.8, 4) is 6.07 Å². The van der Waals surface area contributed by atoms with E-state index in [1.807, 2.05) is 42.5 Å². The topological polar surface area (TPSA) is 131 Å². The number of piperidine rings is 1. The van der Waals surface area contributed by atoms with Crippen LogP contribution in [0.2, 0.25) is 10.0 Å². The zero-order valence-electron chi connectivity index (χ0n) is 24.0. The average Bonchev–Trinajstić information content (AvgIpc) is 3.76. The Bertz CT molecular complexity index is 1610. The van der Waals surface area contributed by atoms with Crippen molar-refractivity contribution in [3.05, 3.63) is 105 Å². The molecule has 0 bridgehead atoms. The lowest BCUT2D eigenvalue weighted by Gasteiger charge is -2.43. The van der Waals surface area contributed by atoms with E-state index in [-0.39, 0.29) is 48.7 Å². The Balaban J connectivity index is 1.47. The van der Waals surface area contributed by atoms with Crippen molar-refractivity contribution in [2.45, 2.75) is 63.1 Å². The van der Waals surface area contributed by atoms with E-state index in [4.69, 9.17) is 23.2 Å². The van der Waals surface area contributed by atoms with E-state index in [9.17, 15) is 28.7 Å². The number of aliphatic carboxylic acids is 1. The summed E-state index contributed by atoms with van der Waals surface area (Å²) in [7, 11) is 0. The highest BCUT2D eigenvalue weighted by molar-refractivity contribution is 7.76. The van der Waals surface area contributed by atoms with E-state index in [0.29, 0.717) is 40.4 Å². The van der Waals surface area contributed by atoms with Crippen molar-refractivity contribution < 1.29 is 23.5 Å². The van der Waals surface area contributed by atoms with Crippen LogP contribution in [0.1, 0.15) is 66.7 Å². The van der Waals surface area contributed by atoms with Crippen LogP contribution in [0.25, 0.3) is 0 Å². The first-order valence-corrected chi connectivity index (χ1v) is 16.2. The maximum atomic E-state index is 13.5. The van der Waals surface area contributed by atoms with Gasteiger partial charge in [-0.3, -0.25) is 14.1 Å². The average molecular weight is 655 g/mol. The summed E-state index contributed by atoms with van der Waals surface area (Å²) in [5.41, 5.74) is 1.91. The Morgan fingerprint density at radius 3 is 2.52 bits per heavy atom. The minimum Gasteiger partial charge on any atom is -0.481 e. The van der Waals surface area contributed by atoms with E-state index in [2.05, 4.69) is 11.4 Å². The lowest BCUT2D eigenvalue weighted by molar-refractivity contribution is -0.147. The predicted molar refractivity (Wildman–Crippen MR) is 169 cm³/mol. The largest absolute Gasteiger partial charge is 0.481 e. The SMILES string of the molecule is CC1(CC(=O)O)CC(c2cccc(Cl)c2)C(CC(c2ccc(Cl)cc2)C2CC2N(Cc2ccccc2C#N)S(=O)O)NC1=O. The molecule has 8 nitrogen and oxygen atoms in total. The van der Waals surface area contributed by atoms with Crippen molar-refractivity contribution in [2.24, 2.45) is 11.3 Å². The van der Waals surface area contributed by atoms with Gasteiger partial charge in [-0.05, 0) is 78.1 Å². The summed E-state index contributed by atoms with van der Waals surface area (Å²) in [6.07, 6.45) is 1.19. The molecule has 0 aromatic heterocycles. The summed E-state index contributed by atoms with van der Waals surface area (Å²) < 4.78 is 24.5. The minimum atomic E-state index is -2.28. The quantitative estimate of drug-likeness (QED) is 0.202. The number of nitrogens with zero attached hydrogens (tertiary/aromatic N) is 2. The Labute approximate surface area is 269 Å². The fourth-order valence-corrected chi connectivity index (χ4v) is 7.74. The molecule has 230 valence electrons. The van der Waals surface area contributed by atoms with Gasteiger partial charge in [-0.15, -0.1) is 0 Å². The van der Waals surface area contributed by atoms with Gasteiger partial charge in [-0.2, -0.15) is 9.57 Å². The molecule has 3 aromatic rings. The molecule has 7 unspecified atom stereocenters. The van der Waals surface area contributed by atoms with Crippen LogP contribution in [0.4, 0.5) is 0 Å². The molecule has 11 heteroatoms. The summed E-state index contributed by atoms with van der Waals surface area (Å²) in [5, 5.41) is 23.5. The van der Waals surface area contributed by atoms with Gasteiger partial charge in [0, 0.05) is 34.6 Å². The van der Waals surface area contributed by atoms with Crippen molar-refractivity contribution in [3.63, 3.8) is 0 Å². The van der Waals surface area contributed by atoms with Crippen LogP contribution in [0.15, 0.2) is 72.8 Å². The van der Waals surface area contributed by atoms with Gasteiger partial charge in [0.1, 0.15) is 0 Å². The summed E-state index contributed by atoms with van der Waals surface area (Å²) in [5.74, 6) is -1.71. The van der Waals surface area contributed by atoms with Gasteiger partial charge in [0.2, 0.25) is 17.2 Å². The van der Waals surface area contributed by atoms with E-state index in [0.717, 1.165) is 11.1 Å². The summed E-state index contributed by atoms with van der Waals surface area (Å²) >= 11 is 10.3. The zero-order chi connectivity index (χ0) is 31.6. The Kier molecular flexibility index (Phi) is 9.78. The van der Waals surface area contributed by atoms with E-state index in [1.165, 1.54) is 4.31 Å². The zero-order valence-corrected chi connectivity index (χ0v) is 26.4. The first-order chi connectivity index (χ1) is 21.0. The number of nitrogens with one attached hydrogen (secondary N) is 1. The molecule has 1 aliphatic carbocycles. The summed E-state index contributed by atoms with van der Waals surface area (Å²) in [6.45, 7) is 1.82. The molecule has 1 saturated carbocycles. The number of rotatable bonds is 11. The van der Waals surface area contributed by atoms with Gasteiger partial charge in [0.25, 0.3) is 0 Å². The molecule has 0 spiro atoms. The lowest BCUT2D eigenvalue weighted by atomic mass is 9.68. The Hall–Kier alpha value is -3.26. The molecule has 1 aliphatic heterocycles. The van der Waals surface area contributed by atoms with Crippen molar-refractivity contribution in [1.29, 1.82) is 5.26 Å². The smallest absolute Gasteiger partial charge is 0.304 e. The number of carboxylic acid groups (broad SMARTS) is 1. The Morgan fingerprint density at radius 1 is 1.14 bits per heavy atom. The first kappa shape index (κ1) is 32.1. The second-order valence-electron chi connectivity index (χ2n) is 12.0. The fraction of sp³-hybridized carbons (Fsp3) is 0.364. The van der Waals surface area contributed by atoms with E-state index in [1.54, 1.807) is 37.3 Å². The number of carboxylic acids is 1. The highest BCUT2D eigenvalue weighted by Gasteiger charge is 2.52. The molecule has 0 radical (unpaired) electrons. The molecule has 1 saturated heterocycles. The number of hydrogen-bond donors (Lipinski definition) is 3. The van der Waals surface area contributed by atoms with E-state index < -0.39 is 22.7 Å². The fourth-order valence-electron chi connectivity index (χ4n) is 6.69. The number of nitriles is 1. The number of halogens is 2. The Morgan fingerprint density at radius 2 is 1.86 bits per heavy atom. The third-order valence-corrected chi connectivity index (χ3v) is 10.3. The van der Waals surface area contributed by atoms with Gasteiger partial charge in [0.05, 0.1) is 23.5 Å². The number of carbonyl (C=O) groups is 2. The highest BCUT2D eigenvalue weighted by Crippen LogP contribution is 2.52. The van der Waals surface area contributed by atoms with Crippen LogP contribution < -0.4 is 5.32 Å². The van der Waals surface area contributed by atoms with Crippen LogP contribution in [-0.4, -0.2) is 42.1 Å². The van der Waals surface area contributed by atoms with Gasteiger partial charge >= 0.3 is 5.97 Å². The molecule has 1 amide bonds. The van der Waals surface area contributed by atoms with Gasteiger partial charge in [-0.1, -0.05) is 72.6 Å².